The van der Waals surface area contributed by atoms with Gasteiger partial charge >= 0.3 is 0 Å². The fourth-order valence-electron chi connectivity index (χ4n) is 3.06. The van der Waals surface area contributed by atoms with Crippen molar-refractivity contribution in [3.05, 3.63) is 58.1 Å². The monoisotopic (exact) mass is 344 g/mol. The molecule has 0 fully saturated rings. The number of carbonyl (C=O) groups excluding carboxylic acids is 2. The number of fused-ring (bicyclic) bond motifs is 1. The molecule has 0 aromatic heterocycles. The van der Waals surface area contributed by atoms with Crippen molar-refractivity contribution >= 4 is 29.1 Å². The van der Waals surface area contributed by atoms with Crippen LogP contribution in [0.5, 0.6) is 5.75 Å². The molecule has 24 heavy (non-hydrogen) atoms. The van der Waals surface area contributed by atoms with Gasteiger partial charge in [-0.05, 0) is 48.7 Å². The minimum atomic E-state index is -0.485. The number of hydrogen-bond acceptors (Lipinski definition) is 3. The molecular formula is C18H17ClN2O3. The van der Waals surface area contributed by atoms with E-state index in [1.165, 1.54) is 7.11 Å². The average molecular weight is 345 g/mol. The summed E-state index contributed by atoms with van der Waals surface area (Å²) in [5.41, 5.74) is 7.83. The molecule has 0 radical (unpaired) electrons. The van der Waals surface area contributed by atoms with Crippen molar-refractivity contribution in [3.8, 4) is 5.75 Å². The van der Waals surface area contributed by atoms with Gasteiger partial charge in [0.05, 0.1) is 12.7 Å². The van der Waals surface area contributed by atoms with E-state index in [0.717, 1.165) is 12.0 Å². The first-order valence-electron chi connectivity index (χ1n) is 7.60. The van der Waals surface area contributed by atoms with Crippen molar-refractivity contribution in [2.24, 2.45) is 5.73 Å². The molecule has 0 bridgehead atoms. The lowest BCUT2D eigenvalue weighted by atomic mass is 9.95. The van der Waals surface area contributed by atoms with Gasteiger partial charge in [0.2, 0.25) is 5.91 Å². The SMILES string of the molecule is COc1ccc(Cl)cc1C(=O)N1CCCc2c(C(N)=O)cccc21. The lowest BCUT2D eigenvalue weighted by Gasteiger charge is -2.31. The van der Waals surface area contributed by atoms with E-state index in [2.05, 4.69) is 0 Å². The summed E-state index contributed by atoms with van der Waals surface area (Å²) in [7, 11) is 1.51. The molecule has 0 saturated heterocycles. The second kappa shape index (κ2) is 6.53. The number of methoxy groups -OCH3 is 1. The van der Waals surface area contributed by atoms with Crippen LogP contribution in [0, 0.1) is 0 Å². The van der Waals surface area contributed by atoms with Gasteiger partial charge in [-0.15, -0.1) is 0 Å². The number of halogens is 1. The van der Waals surface area contributed by atoms with Crippen molar-refractivity contribution in [2.75, 3.05) is 18.6 Å². The van der Waals surface area contributed by atoms with Crippen LogP contribution in [0.1, 0.15) is 32.7 Å². The number of nitrogens with two attached hydrogens (primary N) is 1. The lowest BCUT2D eigenvalue weighted by Crippen LogP contribution is -2.36. The van der Waals surface area contributed by atoms with Gasteiger partial charge < -0.3 is 15.4 Å². The molecule has 0 atom stereocenters. The fourth-order valence-corrected chi connectivity index (χ4v) is 3.23. The summed E-state index contributed by atoms with van der Waals surface area (Å²) in [5, 5.41) is 0.460. The molecule has 0 unspecified atom stereocenters. The Hall–Kier alpha value is -2.53. The minimum Gasteiger partial charge on any atom is -0.496 e. The van der Waals surface area contributed by atoms with Crippen LogP contribution < -0.4 is 15.4 Å². The van der Waals surface area contributed by atoms with Crippen LogP contribution in [0.3, 0.4) is 0 Å². The molecular weight excluding hydrogens is 328 g/mol. The molecule has 2 aromatic carbocycles. The van der Waals surface area contributed by atoms with E-state index in [1.54, 1.807) is 35.2 Å². The first-order chi connectivity index (χ1) is 11.5. The van der Waals surface area contributed by atoms with Gasteiger partial charge in [-0.3, -0.25) is 9.59 Å². The van der Waals surface area contributed by atoms with Gasteiger partial charge in [0, 0.05) is 22.8 Å². The van der Waals surface area contributed by atoms with E-state index in [0.29, 0.717) is 40.6 Å². The van der Waals surface area contributed by atoms with Gasteiger partial charge in [0.15, 0.2) is 0 Å². The largest absolute Gasteiger partial charge is 0.496 e. The Kier molecular flexibility index (Phi) is 4.44. The van der Waals surface area contributed by atoms with Crippen molar-refractivity contribution in [2.45, 2.75) is 12.8 Å². The number of hydrogen-bond donors (Lipinski definition) is 1. The topological polar surface area (TPSA) is 72.6 Å². The third kappa shape index (κ3) is 2.83. The van der Waals surface area contributed by atoms with E-state index in [-0.39, 0.29) is 5.91 Å². The maximum Gasteiger partial charge on any atom is 0.262 e. The number of nitrogens with zero attached hydrogens (tertiary/aromatic N) is 1. The number of benzene rings is 2. The molecule has 2 N–H and O–H groups in total. The number of ether oxygens (including phenoxy) is 1. The standard InChI is InChI=1S/C18H17ClN2O3/c1-24-16-8-7-11(19)10-14(16)18(23)21-9-3-5-12-13(17(20)22)4-2-6-15(12)21/h2,4,6-8,10H,3,5,9H2,1H3,(H2,20,22). The third-order valence-electron chi connectivity index (χ3n) is 4.15. The van der Waals surface area contributed by atoms with Crippen LogP contribution >= 0.6 is 11.6 Å². The highest BCUT2D eigenvalue weighted by atomic mass is 35.5. The minimum absolute atomic E-state index is 0.211. The zero-order valence-electron chi connectivity index (χ0n) is 13.2. The zero-order valence-corrected chi connectivity index (χ0v) is 14.0. The Morgan fingerprint density at radius 1 is 1.21 bits per heavy atom. The first kappa shape index (κ1) is 16.3. The number of amides is 2. The Morgan fingerprint density at radius 3 is 2.71 bits per heavy atom. The molecule has 2 amide bonds. The Bertz CT molecular complexity index is 820. The highest BCUT2D eigenvalue weighted by Gasteiger charge is 2.28. The van der Waals surface area contributed by atoms with Crippen LogP contribution in [0.4, 0.5) is 5.69 Å². The van der Waals surface area contributed by atoms with Gasteiger partial charge in [-0.1, -0.05) is 17.7 Å². The highest BCUT2D eigenvalue weighted by Crippen LogP contribution is 2.33. The highest BCUT2D eigenvalue weighted by molar-refractivity contribution is 6.31. The summed E-state index contributed by atoms with van der Waals surface area (Å²) < 4.78 is 5.28. The fraction of sp³-hybridized carbons (Fsp3) is 0.222. The van der Waals surface area contributed by atoms with Crippen LogP contribution in [0.15, 0.2) is 36.4 Å². The molecule has 1 aliphatic heterocycles. The van der Waals surface area contributed by atoms with Gasteiger partial charge in [-0.25, -0.2) is 0 Å². The molecule has 2 aromatic rings. The quantitative estimate of drug-likeness (QED) is 0.930. The van der Waals surface area contributed by atoms with Crippen LogP contribution in [-0.2, 0) is 6.42 Å². The molecule has 124 valence electrons. The molecule has 1 aliphatic rings. The van der Waals surface area contributed by atoms with Crippen LogP contribution in [0.2, 0.25) is 5.02 Å². The molecule has 0 aliphatic carbocycles. The van der Waals surface area contributed by atoms with E-state index < -0.39 is 5.91 Å². The predicted octanol–water partition coefficient (Wildman–Crippen LogP) is 3.04. The van der Waals surface area contributed by atoms with E-state index in [1.807, 2.05) is 6.07 Å². The molecule has 3 rings (SSSR count). The maximum absolute atomic E-state index is 13.0. The first-order valence-corrected chi connectivity index (χ1v) is 7.98. The van der Waals surface area contributed by atoms with E-state index in [4.69, 9.17) is 22.1 Å². The number of primary amides is 1. The molecule has 1 heterocycles. The summed E-state index contributed by atoms with van der Waals surface area (Å²) in [4.78, 5) is 26.3. The number of rotatable bonds is 3. The second-order valence-corrected chi connectivity index (χ2v) is 6.01. The van der Waals surface area contributed by atoms with Crippen molar-refractivity contribution in [3.63, 3.8) is 0 Å². The Labute approximate surface area is 145 Å². The summed E-state index contributed by atoms with van der Waals surface area (Å²) in [6.07, 6.45) is 1.47. The molecule has 6 heteroatoms. The molecule has 0 saturated carbocycles. The molecule has 0 spiro atoms. The van der Waals surface area contributed by atoms with E-state index >= 15 is 0 Å². The second-order valence-electron chi connectivity index (χ2n) is 5.57. The summed E-state index contributed by atoms with van der Waals surface area (Å²) in [5.74, 6) is -0.235. The maximum atomic E-state index is 13.0. The van der Waals surface area contributed by atoms with Crippen LogP contribution in [-0.4, -0.2) is 25.5 Å². The van der Waals surface area contributed by atoms with Crippen molar-refractivity contribution in [1.82, 2.24) is 0 Å². The smallest absolute Gasteiger partial charge is 0.262 e. The number of anilines is 1. The van der Waals surface area contributed by atoms with E-state index in [9.17, 15) is 9.59 Å². The average Bonchev–Trinajstić information content (AvgIpc) is 2.59. The molecule has 5 nitrogen and oxygen atoms in total. The third-order valence-corrected chi connectivity index (χ3v) is 4.39. The summed E-state index contributed by atoms with van der Waals surface area (Å²) >= 11 is 6.04. The number of carbonyl (C=O) groups is 2. The van der Waals surface area contributed by atoms with Gasteiger partial charge in [0.25, 0.3) is 5.91 Å². The lowest BCUT2D eigenvalue weighted by molar-refractivity contribution is 0.0975. The van der Waals surface area contributed by atoms with Crippen molar-refractivity contribution in [1.29, 1.82) is 0 Å². The van der Waals surface area contributed by atoms with Crippen molar-refractivity contribution < 1.29 is 14.3 Å². The van der Waals surface area contributed by atoms with Gasteiger partial charge in [-0.2, -0.15) is 0 Å². The normalized spacial score (nSPS) is 13.3. The predicted molar refractivity (Wildman–Crippen MR) is 93.0 cm³/mol. The summed E-state index contributed by atoms with van der Waals surface area (Å²) in [6.45, 7) is 0.559. The zero-order chi connectivity index (χ0) is 17.3. The Morgan fingerprint density at radius 2 is 2.00 bits per heavy atom. The van der Waals surface area contributed by atoms with Crippen LogP contribution in [0.25, 0.3) is 0 Å². The van der Waals surface area contributed by atoms with Gasteiger partial charge in [0.1, 0.15) is 5.75 Å². The Balaban J connectivity index is 2.07. The summed E-state index contributed by atoms with van der Waals surface area (Å²) in [6, 6.07) is 10.2.